The normalized spacial score (nSPS) is 25.1. The number of carbonyl (C=O) groups is 1. The Labute approximate surface area is 127 Å². The monoisotopic (exact) mass is 289 g/mol. The zero-order valence-corrected chi connectivity index (χ0v) is 13.7. The minimum atomic E-state index is 0.0155. The first-order valence-corrected chi connectivity index (χ1v) is 7.93. The van der Waals surface area contributed by atoms with Crippen LogP contribution >= 0.6 is 0 Å². The molecule has 1 amide bonds. The van der Waals surface area contributed by atoms with E-state index in [1.54, 1.807) is 0 Å². The SMILES string of the molecule is CNc1cc(C(=O)NC2CCC(C)C2C)cc(C(C)C)n1. The Morgan fingerprint density at radius 1 is 1.29 bits per heavy atom. The van der Waals surface area contributed by atoms with Gasteiger partial charge in [0.25, 0.3) is 5.91 Å². The Balaban J connectivity index is 2.17. The van der Waals surface area contributed by atoms with Crippen LogP contribution in [0.1, 0.15) is 62.5 Å². The number of rotatable bonds is 4. The zero-order valence-electron chi connectivity index (χ0n) is 13.7. The van der Waals surface area contributed by atoms with Gasteiger partial charge in [0.2, 0.25) is 0 Å². The van der Waals surface area contributed by atoms with Gasteiger partial charge in [-0.2, -0.15) is 0 Å². The Morgan fingerprint density at radius 2 is 2.00 bits per heavy atom. The third-order valence-corrected chi connectivity index (χ3v) is 4.74. The molecule has 1 aliphatic carbocycles. The summed E-state index contributed by atoms with van der Waals surface area (Å²) in [6, 6.07) is 4.02. The van der Waals surface area contributed by atoms with Gasteiger partial charge in [-0.25, -0.2) is 4.98 Å². The molecule has 0 bridgehead atoms. The fraction of sp³-hybridized carbons (Fsp3) is 0.647. The molecule has 0 aliphatic heterocycles. The Kier molecular flexibility index (Phi) is 4.86. The molecular formula is C17H27N3O. The van der Waals surface area contributed by atoms with Crippen LogP contribution in [0.5, 0.6) is 0 Å². The second-order valence-electron chi connectivity index (χ2n) is 6.56. The van der Waals surface area contributed by atoms with Gasteiger partial charge in [0.1, 0.15) is 5.82 Å². The largest absolute Gasteiger partial charge is 0.373 e. The van der Waals surface area contributed by atoms with Crippen LogP contribution in [0.2, 0.25) is 0 Å². The lowest BCUT2D eigenvalue weighted by atomic mass is 9.97. The highest BCUT2D eigenvalue weighted by atomic mass is 16.1. The second kappa shape index (κ2) is 6.46. The smallest absolute Gasteiger partial charge is 0.251 e. The van der Waals surface area contributed by atoms with E-state index in [-0.39, 0.29) is 5.91 Å². The van der Waals surface area contributed by atoms with Gasteiger partial charge in [-0.15, -0.1) is 0 Å². The third-order valence-electron chi connectivity index (χ3n) is 4.74. The summed E-state index contributed by atoms with van der Waals surface area (Å²) in [5, 5.41) is 6.23. The van der Waals surface area contributed by atoms with Crippen molar-refractivity contribution in [3.05, 3.63) is 23.4 Å². The van der Waals surface area contributed by atoms with Gasteiger partial charge in [0.15, 0.2) is 0 Å². The van der Waals surface area contributed by atoms with Crippen molar-refractivity contribution in [1.82, 2.24) is 10.3 Å². The van der Waals surface area contributed by atoms with Crippen LogP contribution in [0.15, 0.2) is 12.1 Å². The fourth-order valence-corrected chi connectivity index (χ4v) is 2.93. The topological polar surface area (TPSA) is 54.0 Å². The van der Waals surface area contributed by atoms with Crippen molar-refractivity contribution < 1.29 is 4.79 Å². The van der Waals surface area contributed by atoms with Gasteiger partial charge in [-0.1, -0.05) is 27.7 Å². The summed E-state index contributed by atoms with van der Waals surface area (Å²) in [6.45, 7) is 8.67. The maximum Gasteiger partial charge on any atom is 0.251 e. The predicted molar refractivity (Wildman–Crippen MR) is 86.7 cm³/mol. The van der Waals surface area contributed by atoms with Crippen LogP contribution in [-0.4, -0.2) is 24.0 Å². The van der Waals surface area contributed by atoms with Gasteiger partial charge in [-0.05, 0) is 42.7 Å². The van der Waals surface area contributed by atoms with Gasteiger partial charge in [0.05, 0.1) is 0 Å². The summed E-state index contributed by atoms with van der Waals surface area (Å²) in [5.74, 6) is 2.30. The lowest BCUT2D eigenvalue weighted by molar-refractivity contribution is 0.0927. The van der Waals surface area contributed by atoms with Crippen LogP contribution in [0.4, 0.5) is 5.82 Å². The highest BCUT2D eigenvalue weighted by Crippen LogP contribution is 2.31. The number of aromatic nitrogens is 1. The van der Waals surface area contributed by atoms with Gasteiger partial charge in [-0.3, -0.25) is 4.79 Å². The number of anilines is 1. The predicted octanol–water partition coefficient (Wildman–Crippen LogP) is 3.41. The van der Waals surface area contributed by atoms with Crippen molar-refractivity contribution in [3.63, 3.8) is 0 Å². The van der Waals surface area contributed by atoms with Crippen LogP contribution in [0.3, 0.4) is 0 Å². The molecule has 116 valence electrons. The van der Waals surface area contributed by atoms with Crippen LogP contribution in [0.25, 0.3) is 0 Å². The van der Waals surface area contributed by atoms with E-state index in [1.165, 1.54) is 6.42 Å². The molecule has 1 saturated carbocycles. The third kappa shape index (κ3) is 3.55. The number of nitrogens with one attached hydrogen (secondary N) is 2. The van der Waals surface area contributed by atoms with Crippen LogP contribution in [0, 0.1) is 11.8 Å². The fourth-order valence-electron chi connectivity index (χ4n) is 2.93. The lowest BCUT2D eigenvalue weighted by Crippen LogP contribution is -2.37. The molecule has 3 atom stereocenters. The van der Waals surface area contributed by atoms with E-state index in [1.807, 2.05) is 19.2 Å². The molecule has 0 spiro atoms. The first-order chi connectivity index (χ1) is 9.92. The molecule has 1 aromatic rings. The summed E-state index contributed by atoms with van der Waals surface area (Å²) in [4.78, 5) is 17.0. The van der Waals surface area contributed by atoms with E-state index in [0.29, 0.717) is 29.4 Å². The van der Waals surface area contributed by atoms with E-state index < -0.39 is 0 Å². The zero-order chi connectivity index (χ0) is 15.6. The standard InChI is InChI=1S/C17H27N3O/c1-10(2)15-8-13(9-16(18-5)19-15)17(21)20-14-7-6-11(3)12(14)4/h8-12,14H,6-7H2,1-5H3,(H,18,19)(H,20,21). The first kappa shape index (κ1) is 15.8. The number of nitrogens with zero attached hydrogens (tertiary/aromatic N) is 1. The quantitative estimate of drug-likeness (QED) is 0.893. The first-order valence-electron chi connectivity index (χ1n) is 7.93. The van der Waals surface area contributed by atoms with E-state index in [0.717, 1.165) is 17.9 Å². The van der Waals surface area contributed by atoms with Gasteiger partial charge < -0.3 is 10.6 Å². The second-order valence-corrected chi connectivity index (χ2v) is 6.56. The summed E-state index contributed by atoms with van der Waals surface area (Å²) in [5.41, 5.74) is 1.64. The van der Waals surface area contributed by atoms with Gasteiger partial charge >= 0.3 is 0 Å². The Hall–Kier alpha value is -1.58. The van der Waals surface area contributed by atoms with E-state index >= 15 is 0 Å². The van der Waals surface area contributed by atoms with Crippen molar-refractivity contribution in [3.8, 4) is 0 Å². The summed E-state index contributed by atoms with van der Waals surface area (Å²) >= 11 is 0. The molecule has 1 aliphatic rings. The van der Waals surface area contributed by atoms with Crippen molar-refractivity contribution in [1.29, 1.82) is 0 Å². The molecule has 2 rings (SSSR count). The Bertz CT molecular complexity index is 513. The van der Waals surface area contributed by atoms with E-state index in [9.17, 15) is 4.79 Å². The molecule has 4 heteroatoms. The van der Waals surface area contributed by atoms with Crippen molar-refractivity contribution in [2.75, 3.05) is 12.4 Å². The van der Waals surface area contributed by atoms with Crippen molar-refractivity contribution in [2.24, 2.45) is 11.8 Å². The van der Waals surface area contributed by atoms with E-state index in [2.05, 4.69) is 43.3 Å². The summed E-state index contributed by atoms with van der Waals surface area (Å²) in [6.07, 6.45) is 2.27. The number of hydrogen-bond acceptors (Lipinski definition) is 3. The molecule has 0 aromatic carbocycles. The molecular weight excluding hydrogens is 262 g/mol. The molecule has 4 nitrogen and oxygen atoms in total. The van der Waals surface area contributed by atoms with Gasteiger partial charge in [0, 0.05) is 24.3 Å². The maximum absolute atomic E-state index is 12.5. The molecule has 3 unspecified atom stereocenters. The summed E-state index contributed by atoms with van der Waals surface area (Å²) in [7, 11) is 1.83. The highest BCUT2D eigenvalue weighted by Gasteiger charge is 2.31. The Morgan fingerprint density at radius 3 is 2.52 bits per heavy atom. The van der Waals surface area contributed by atoms with Crippen molar-refractivity contribution in [2.45, 2.75) is 52.5 Å². The van der Waals surface area contributed by atoms with Crippen LogP contribution in [-0.2, 0) is 0 Å². The highest BCUT2D eigenvalue weighted by molar-refractivity contribution is 5.95. The minimum absolute atomic E-state index is 0.0155. The summed E-state index contributed by atoms with van der Waals surface area (Å²) < 4.78 is 0. The minimum Gasteiger partial charge on any atom is -0.373 e. The molecule has 2 N–H and O–H groups in total. The number of pyridine rings is 1. The van der Waals surface area contributed by atoms with Crippen LogP contribution < -0.4 is 10.6 Å². The lowest BCUT2D eigenvalue weighted by Gasteiger charge is -2.20. The molecule has 21 heavy (non-hydrogen) atoms. The molecule has 0 saturated heterocycles. The molecule has 1 heterocycles. The molecule has 1 fully saturated rings. The number of carbonyl (C=O) groups excluding carboxylic acids is 1. The number of hydrogen-bond donors (Lipinski definition) is 2. The molecule has 0 radical (unpaired) electrons. The van der Waals surface area contributed by atoms with E-state index in [4.69, 9.17) is 0 Å². The average Bonchev–Trinajstić information content (AvgIpc) is 2.78. The maximum atomic E-state index is 12.5. The molecule has 1 aromatic heterocycles. The van der Waals surface area contributed by atoms with Crippen molar-refractivity contribution >= 4 is 11.7 Å². The number of amides is 1. The average molecular weight is 289 g/mol.